The molecule has 0 radical (unpaired) electrons. The van der Waals surface area contributed by atoms with Crippen LogP contribution in [-0.4, -0.2) is 70.8 Å². The number of halogens is 1. The number of nitrogens with zero attached hydrogens (tertiary/aromatic N) is 2. The molecule has 194 valence electrons. The molecule has 9 heteroatoms. The van der Waals surface area contributed by atoms with E-state index < -0.39 is 11.1 Å². The molecule has 2 N–H and O–H groups in total. The van der Waals surface area contributed by atoms with Crippen molar-refractivity contribution in [1.29, 1.82) is 0 Å². The molecule has 36 heavy (non-hydrogen) atoms. The molecule has 3 amide bonds. The standard InChI is InChI=1S/C27H34ClN3O5/c1-26(2)24(32)31(25(33)29-26)13-4-16-35-22-9-7-20(8-10-22)18-30-14-11-27(34,12-15-30)19-36-23-6-3-5-21(28)17-23/h3,5-10,17,34H,4,11-16,18-19H2,1-2H3,(H,29,33). The van der Waals surface area contributed by atoms with Crippen molar-refractivity contribution in [1.82, 2.24) is 15.1 Å². The van der Waals surface area contributed by atoms with E-state index >= 15 is 0 Å². The summed E-state index contributed by atoms with van der Waals surface area (Å²) in [7, 11) is 0. The third-order valence-corrected chi connectivity index (χ3v) is 6.89. The number of nitrogens with one attached hydrogen (secondary N) is 1. The zero-order valence-electron chi connectivity index (χ0n) is 20.8. The smallest absolute Gasteiger partial charge is 0.325 e. The van der Waals surface area contributed by atoms with Crippen molar-refractivity contribution in [2.75, 3.05) is 32.8 Å². The summed E-state index contributed by atoms with van der Waals surface area (Å²) in [6, 6.07) is 14.8. The first kappa shape index (κ1) is 26.3. The molecule has 8 nitrogen and oxygen atoms in total. The molecule has 0 spiro atoms. The van der Waals surface area contributed by atoms with Crippen molar-refractivity contribution in [2.45, 2.75) is 50.8 Å². The quantitative estimate of drug-likeness (QED) is 0.369. The maximum absolute atomic E-state index is 12.2. The molecule has 2 fully saturated rings. The van der Waals surface area contributed by atoms with Crippen LogP contribution in [0.25, 0.3) is 0 Å². The summed E-state index contributed by atoms with van der Waals surface area (Å²) in [5.41, 5.74) is -0.512. The number of hydrogen-bond donors (Lipinski definition) is 2. The number of aliphatic hydroxyl groups is 1. The summed E-state index contributed by atoms with van der Waals surface area (Å²) in [5.74, 6) is 1.21. The number of amides is 3. The van der Waals surface area contributed by atoms with Gasteiger partial charge in [-0.3, -0.25) is 14.6 Å². The van der Waals surface area contributed by atoms with Gasteiger partial charge in [0, 0.05) is 31.2 Å². The van der Waals surface area contributed by atoms with E-state index in [-0.39, 0.29) is 18.5 Å². The Labute approximate surface area is 217 Å². The van der Waals surface area contributed by atoms with Crippen molar-refractivity contribution < 1.29 is 24.2 Å². The van der Waals surface area contributed by atoms with Crippen molar-refractivity contribution in [3.8, 4) is 11.5 Å². The number of imide groups is 1. The van der Waals surface area contributed by atoms with Gasteiger partial charge in [-0.05, 0) is 69.0 Å². The van der Waals surface area contributed by atoms with E-state index in [4.69, 9.17) is 21.1 Å². The Morgan fingerprint density at radius 1 is 1.03 bits per heavy atom. The van der Waals surface area contributed by atoms with Gasteiger partial charge in [-0.1, -0.05) is 29.8 Å². The zero-order chi connectivity index (χ0) is 25.8. The number of carbonyl (C=O) groups excluding carboxylic acids is 2. The number of piperidine rings is 1. The molecule has 0 aliphatic carbocycles. The van der Waals surface area contributed by atoms with Crippen LogP contribution >= 0.6 is 11.6 Å². The first-order valence-corrected chi connectivity index (χ1v) is 12.7. The fourth-order valence-corrected chi connectivity index (χ4v) is 4.61. The second kappa shape index (κ2) is 11.1. The maximum Gasteiger partial charge on any atom is 0.325 e. The number of benzene rings is 2. The summed E-state index contributed by atoms with van der Waals surface area (Å²) in [6.45, 7) is 6.77. The second-order valence-corrected chi connectivity index (χ2v) is 10.5. The topological polar surface area (TPSA) is 91.3 Å². The molecule has 2 aromatic carbocycles. The largest absolute Gasteiger partial charge is 0.494 e. The number of ether oxygens (including phenoxy) is 2. The van der Waals surface area contributed by atoms with E-state index in [9.17, 15) is 14.7 Å². The van der Waals surface area contributed by atoms with Gasteiger partial charge >= 0.3 is 6.03 Å². The predicted octanol–water partition coefficient (Wildman–Crippen LogP) is 3.85. The normalized spacial score (nSPS) is 19.3. The fourth-order valence-electron chi connectivity index (χ4n) is 4.43. The van der Waals surface area contributed by atoms with Gasteiger partial charge in [-0.15, -0.1) is 0 Å². The van der Waals surface area contributed by atoms with Gasteiger partial charge in [0.25, 0.3) is 5.91 Å². The van der Waals surface area contributed by atoms with Crippen molar-refractivity contribution >= 4 is 23.5 Å². The van der Waals surface area contributed by atoms with Crippen LogP contribution in [-0.2, 0) is 11.3 Å². The molecule has 0 atom stereocenters. The molecule has 0 unspecified atom stereocenters. The highest BCUT2D eigenvalue weighted by Crippen LogP contribution is 2.26. The predicted molar refractivity (Wildman–Crippen MR) is 137 cm³/mol. The minimum Gasteiger partial charge on any atom is -0.494 e. The second-order valence-electron chi connectivity index (χ2n) is 10.1. The summed E-state index contributed by atoms with van der Waals surface area (Å²) in [4.78, 5) is 27.7. The van der Waals surface area contributed by atoms with Crippen LogP contribution in [0.15, 0.2) is 48.5 Å². The SMILES string of the molecule is CC1(C)NC(=O)N(CCCOc2ccc(CN3CCC(O)(COc4cccc(Cl)c4)CC3)cc2)C1=O. The lowest BCUT2D eigenvalue weighted by atomic mass is 9.92. The molecule has 0 saturated carbocycles. The van der Waals surface area contributed by atoms with Crippen LogP contribution in [0.5, 0.6) is 11.5 Å². The molecule has 0 bridgehead atoms. The van der Waals surface area contributed by atoms with Gasteiger partial charge < -0.3 is 19.9 Å². The first-order valence-electron chi connectivity index (χ1n) is 12.3. The molecule has 4 rings (SSSR count). The third-order valence-electron chi connectivity index (χ3n) is 6.66. The molecular formula is C27H34ClN3O5. The van der Waals surface area contributed by atoms with Crippen LogP contribution in [0.3, 0.4) is 0 Å². The number of carbonyl (C=O) groups is 2. The highest BCUT2D eigenvalue weighted by molar-refractivity contribution is 6.30. The molecule has 0 aromatic heterocycles. The van der Waals surface area contributed by atoms with Crippen LogP contribution in [0.1, 0.15) is 38.7 Å². The van der Waals surface area contributed by atoms with E-state index in [0.29, 0.717) is 43.2 Å². The van der Waals surface area contributed by atoms with E-state index in [1.54, 1.807) is 26.0 Å². The number of hydrogen-bond acceptors (Lipinski definition) is 6. The van der Waals surface area contributed by atoms with Crippen LogP contribution in [0.4, 0.5) is 4.79 Å². The van der Waals surface area contributed by atoms with Gasteiger partial charge in [0.05, 0.1) is 6.61 Å². The van der Waals surface area contributed by atoms with Crippen LogP contribution in [0.2, 0.25) is 5.02 Å². The minimum absolute atomic E-state index is 0.207. The zero-order valence-corrected chi connectivity index (χ0v) is 21.6. The average Bonchev–Trinajstić information content (AvgIpc) is 3.04. The summed E-state index contributed by atoms with van der Waals surface area (Å²) >= 11 is 6.00. The van der Waals surface area contributed by atoms with E-state index in [1.165, 1.54) is 10.5 Å². The van der Waals surface area contributed by atoms with Gasteiger partial charge in [0.2, 0.25) is 0 Å². The van der Waals surface area contributed by atoms with Gasteiger partial charge in [0.1, 0.15) is 29.2 Å². The Morgan fingerprint density at radius 3 is 2.39 bits per heavy atom. The van der Waals surface area contributed by atoms with E-state index in [2.05, 4.69) is 10.2 Å². The third kappa shape index (κ3) is 6.69. The average molecular weight is 516 g/mol. The van der Waals surface area contributed by atoms with Crippen LogP contribution in [0, 0.1) is 0 Å². The first-order chi connectivity index (χ1) is 17.1. The monoisotopic (exact) mass is 515 g/mol. The summed E-state index contributed by atoms with van der Waals surface area (Å²) in [6.07, 6.45) is 1.85. The fraction of sp³-hybridized carbons (Fsp3) is 0.481. The molecule has 2 aliphatic rings. The number of likely N-dealkylation sites (tertiary alicyclic amines) is 1. The summed E-state index contributed by atoms with van der Waals surface area (Å²) < 4.78 is 11.6. The summed E-state index contributed by atoms with van der Waals surface area (Å²) in [5, 5.41) is 14.2. The van der Waals surface area contributed by atoms with E-state index in [1.807, 2.05) is 36.4 Å². The lowest BCUT2D eigenvalue weighted by molar-refractivity contribution is -0.130. The molecular weight excluding hydrogens is 482 g/mol. The van der Waals surface area contributed by atoms with Gasteiger partial charge in [0.15, 0.2) is 0 Å². The Morgan fingerprint density at radius 2 is 1.75 bits per heavy atom. The molecule has 2 heterocycles. The molecule has 2 aliphatic heterocycles. The maximum atomic E-state index is 12.2. The Hall–Kier alpha value is -2.81. The molecule has 2 aromatic rings. The Kier molecular flexibility index (Phi) is 8.07. The Balaban J connectivity index is 1.16. The number of rotatable bonds is 10. The van der Waals surface area contributed by atoms with Crippen molar-refractivity contribution in [2.24, 2.45) is 0 Å². The van der Waals surface area contributed by atoms with Crippen molar-refractivity contribution in [3.05, 3.63) is 59.1 Å². The molecule has 2 saturated heterocycles. The number of urea groups is 1. The highest BCUT2D eigenvalue weighted by Gasteiger charge is 2.43. The lowest BCUT2D eigenvalue weighted by Crippen LogP contribution is -2.47. The van der Waals surface area contributed by atoms with Gasteiger partial charge in [-0.2, -0.15) is 0 Å². The van der Waals surface area contributed by atoms with E-state index in [0.717, 1.165) is 25.4 Å². The van der Waals surface area contributed by atoms with Crippen LogP contribution < -0.4 is 14.8 Å². The minimum atomic E-state index is -0.842. The lowest BCUT2D eigenvalue weighted by Gasteiger charge is -2.38. The Bertz CT molecular complexity index is 1070. The van der Waals surface area contributed by atoms with Gasteiger partial charge in [-0.25, -0.2) is 4.79 Å². The highest BCUT2D eigenvalue weighted by atomic mass is 35.5. The van der Waals surface area contributed by atoms with Crippen molar-refractivity contribution in [3.63, 3.8) is 0 Å².